The van der Waals surface area contributed by atoms with Crippen molar-refractivity contribution in [2.24, 2.45) is 5.41 Å². The Morgan fingerprint density at radius 2 is 2.00 bits per heavy atom. The summed E-state index contributed by atoms with van der Waals surface area (Å²) in [5, 5.41) is 15.2. The minimum Gasteiger partial charge on any atom is -0.394 e. The van der Waals surface area contributed by atoms with Gasteiger partial charge in [-0.2, -0.15) is 0 Å². The average molecular weight is 290 g/mol. The minimum atomic E-state index is -0.267. The van der Waals surface area contributed by atoms with Crippen molar-refractivity contribution in [1.82, 2.24) is 5.32 Å². The number of hydrogen-bond acceptors (Lipinski definition) is 2. The average Bonchev–Trinajstić information content (AvgIpc) is 2.44. The molecule has 4 heteroatoms. The van der Waals surface area contributed by atoms with Crippen LogP contribution in [0.5, 0.6) is 0 Å². The zero-order chi connectivity index (χ0) is 15.5. The topological polar surface area (TPSA) is 61.4 Å². The first kappa shape index (κ1) is 15.8. The summed E-state index contributed by atoms with van der Waals surface area (Å²) in [7, 11) is 0. The molecule has 0 bridgehead atoms. The van der Waals surface area contributed by atoms with Crippen molar-refractivity contribution in [3.63, 3.8) is 0 Å². The molecule has 1 aliphatic rings. The molecule has 0 aromatic heterocycles. The van der Waals surface area contributed by atoms with Gasteiger partial charge in [-0.3, -0.25) is 0 Å². The quantitative estimate of drug-likeness (QED) is 0.801. The van der Waals surface area contributed by atoms with E-state index in [9.17, 15) is 9.90 Å². The Labute approximate surface area is 126 Å². The van der Waals surface area contributed by atoms with Crippen molar-refractivity contribution < 1.29 is 9.90 Å². The Morgan fingerprint density at radius 1 is 1.29 bits per heavy atom. The number of benzene rings is 1. The molecular weight excluding hydrogens is 264 g/mol. The van der Waals surface area contributed by atoms with Gasteiger partial charge in [0.05, 0.1) is 12.6 Å². The highest BCUT2D eigenvalue weighted by atomic mass is 16.3. The molecule has 0 fully saturated rings. The third-order valence-corrected chi connectivity index (χ3v) is 4.18. The van der Waals surface area contributed by atoms with E-state index < -0.39 is 0 Å². The van der Waals surface area contributed by atoms with Gasteiger partial charge in [0, 0.05) is 5.69 Å². The molecule has 4 nitrogen and oxygen atoms in total. The van der Waals surface area contributed by atoms with Gasteiger partial charge in [0.15, 0.2) is 0 Å². The number of carbonyl (C=O) groups is 1. The van der Waals surface area contributed by atoms with E-state index in [0.717, 1.165) is 18.5 Å². The molecule has 0 radical (unpaired) electrons. The second-order valence-electron chi connectivity index (χ2n) is 6.85. The number of urea groups is 1. The van der Waals surface area contributed by atoms with E-state index in [1.165, 1.54) is 24.0 Å². The van der Waals surface area contributed by atoms with E-state index in [-0.39, 0.29) is 24.1 Å². The second-order valence-corrected chi connectivity index (χ2v) is 6.85. The van der Waals surface area contributed by atoms with Crippen LogP contribution < -0.4 is 10.6 Å². The lowest BCUT2D eigenvalue weighted by Gasteiger charge is -2.30. The third-order valence-electron chi connectivity index (χ3n) is 4.18. The maximum atomic E-state index is 12.2. The summed E-state index contributed by atoms with van der Waals surface area (Å²) in [6.07, 6.45) is 4.51. The van der Waals surface area contributed by atoms with Crippen LogP contribution in [0.1, 0.15) is 44.7 Å². The predicted molar refractivity (Wildman–Crippen MR) is 85.6 cm³/mol. The second kappa shape index (κ2) is 6.48. The summed E-state index contributed by atoms with van der Waals surface area (Å²) in [6.45, 7) is 5.93. The molecular formula is C17H26N2O2. The van der Waals surface area contributed by atoms with E-state index in [0.29, 0.717) is 0 Å². The SMILES string of the molecule is CC(C)(C)C(CO)NC(=O)Nc1cccc2c1CCCC2. The highest BCUT2D eigenvalue weighted by Crippen LogP contribution is 2.28. The van der Waals surface area contributed by atoms with Gasteiger partial charge in [0.2, 0.25) is 0 Å². The Morgan fingerprint density at radius 3 is 2.67 bits per heavy atom. The minimum absolute atomic E-state index is 0.0657. The van der Waals surface area contributed by atoms with Crippen molar-refractivity contribution in [2.45, 2.75) is 52.5 Å². The predicted octanol–water partition coefficient (Wildman–Crippen LogP) is 3.09. The molecule has 21 heavy (non-hydrogen) atoms. The number of hydrogen-bond donors (Lipinski definition) is 3. The fourth-order valence-corrected chi connectivity index (χ4v) is 2.75. The molecule has 1 aromatic carbocycles. The fourth-order valence-electron chi connectivity index (χ4n) is 2.75. The van der Waals surface area contributed by atoms with Crippen molar-refractivity contribution in [1.29, 1.82) is 0 Å². The number of anilines is 1. The van der Waals surface area contributed by atoms with Crippen LogP contribution >= 0.6 is 0 Å². The standard InChI is InChI=1S/C17H26N2O2/c1-17(2,3)15(11-20)19-16(21)18-14-10-6-8-12-7-4-5-9-13(12)14/h6,8,10,15,20H,4-5,7,9,11H2,1-3H3,(H2,18,19,21). The molecule has 3 N–H and O–H groups in total. The lowest BCUT2D eigenvalue weighted by Crippen LogP contribution is -2.47. The lowest BCUT2D eigenvalue weighted by molar-refractivity contribution is 0.162. The molecule has 116 valence electrons. The molecule has 0 spiro atoms. The zero-order valence-electron chi connectivity index (χ0n) is 13.2. The highest BCUT2D eigenvalue weighted by Gasteiger charge is 2.25. The molecule has 1 unspecified atom stereocenters. The number of aryl methyl sites for hydroxylation is 1. The smallest absolute Gasteiger partial charge is 0.319 e. The van der Waals surface area contributed by atoms with E-state index in [1.807, 2.05) is 32.9 Å². The third kappa shape index (κ3) is 3.97. The number of aliphatic hydroxyl groups is 1. The molecule has 1 atom stereocenters. The molecule has 0 saturated heterocycles. The van der Waals surface area contributed by atoms with Gasteiger partial charge in [0.1, 0.15) is 0 Å². The van der Waals surface area contributed by atoms with Crippen LogP contribution in [0.4, 0.5) is 10.5 Å². The molecule has 0 saturated carbocycles. The summed E-state index contributed by atoms with van der Waals surface area (Å²) in [5.74, 6) is 0. The molecule has 2 amide bonds. The Hall–Kier alpha value is -1.55. The number of carbonyl (C=O) groups excluding carboxylic acids is 1. The highest BCUT2D eigenvalue weighted by molar-refractivity contribution is 5.90. The van der Waals surface area contributed by atoms with E-state index in [1.54, 1.807) is 0 Å². The van der Waals surface area contributed by atoms with E-state index in [4.69, 9.17) is 0 Å². The van der Waals surface area contributed by atoms with Crippen molar-refractivity contribution >= 4 is 11.7 Å². The normalized spacial score (nSPS) is 16.0. The molecule has 1 aromatic rings. The van der Waals surface area contributed by atoms with Gasteiger partial charge in [-0.05, 0) is 48.3 Å². The summed E-state index contributed by atoms with van der Waals surface area (Å²) in [5.41, 5.74) is 3.32. The fraction of sp³-hybridized carbons (Fsp3) is 0.588. The van der Waals surface area contributed by atoms with Crippen molar-refractivity contribution in [3.8, 4) is 0 Å². The summed E-state index contributed by atoms with van der Waals surface area (Å²) < 4.78 is 0. The van der Waals surface area contributed by atoms with E-state index >= 15 is 0 Å². The molecule has 2 rings (SSSR count). The first-order chi connectivity index (χ1) is 9.91. The molecule has 0 aliphatic heterocycles. The number of aliphatic hydroxyl groups excluding tert-OH is 1. The first-order valence-electron chi connectivity index (χ1n) is 7.71. The van der Waals surface area contributed by atoms with Crippen LogP contribution in [0, 0.1) is 5.41 Å². The largest absolute Gasteiger partial charge is 0.394 e. The monoisotopic (exact) mass is 290 g/mol. The first-order valence-corrected chi connectivity index (χ1v) is 7.71. The van der Waals surface area contributed by atoms with Crippen LogP contribution in [-0.2, 0) is 12.8 Å². The summed E-state index contributed by atoms with van der Waals surface area (Å²) in [6, 6.07) is 5.57. The Bertz CT molecular complexity index is 506. The maximum absolute atomic E-state index is 12.2. The number of fused-ring (bicyclic) bond motifs is 1. The van der Waals surface area contributed by atoms with Crippen LogP contribution in [-0.4, -0.2) is 23.8 Å². The van der Waals surface area contributed by atoms with Crippen LogP contribution in [0.3, 0.4) is 0 Å². The number of amides is 2. The number of nitrogens with one attached hydrogen (secondary N) is 2. The van der Waals surface area contributed by atoms with Gasteiger partial charge >= 0.3 is 6.03 Å². The molecule has 0 heterocycles. The van der Waals surface area contributed by atoms with Gasteiger partial charge in [-0.15, -0.1) is 0 Å². The Balaban J connectivity index is 2.06. The van der Waals surface area contributed by atoms with Gasteiger partial charge in [-0.1, -0.05) is 32.9 Å². The van der Waals surface area contributed by atoms with Crippen LogP contribution in [0.2, 0.25) is 0 Å². The molecule has 1 aliphatic carbocycles. The summed E-state index contributed by atoms with van der Waals surface area (Å²) >= 11 is 0. The van der Waals surface area contributed by atoms with Crippen LogP contribution in [0.25, 0.3) is 0 Å². The number of rotatable bonds is 3. The van der Waals surface area contributed by atoms with Crippen molar-refractivity contribution in [2.75, 3.05) is 11.9 Å². The van der Waals surface area contributed by atoms with Crippen LogP contribution in [0.15, 0.2) is 18.2 Å². The maximum Gasteiger partial charge on any atom is 0.319 e. The van der Waals surface area contributed by atoms with Gasteiger partial charge in [-0.25, -0.2) is 4.79 Å². The Kier molecular flexibility index (Phi) is 4.88. The van der Waals surface area contributed by atoms with Gasteiger partial charge in [0.25, 0.3) is 0 Å². The zero-order valence-corrected chi connectivity index (χ0v) is 13.2. The van der Waals surface area contributed by atoms with Gasteiger partial charge < -0.3 is 15.7 Å². The lowest BCUT2D eigenvalue weighted by atomic mass is 9.87. The van der Waals surface area contributed by atoms with E-state index in [2.05, 4.69) is 16.7 Å². The van der Waals surface area contributed by atoms with Crippen molar-refractivity contribution in [3.05, 3.63) is 29.3 Å². The summed E-state index contributed by atoms with van der Waals surface area (Å²) in [4.78, 5) is 12.2.